The molecule has 1 fully saturated rings. The van der Waals surface area contributed by atoms with Crippen LogP contribution in [0.2, 0.25) is 5.02 Å². The second-order valence-corrected chi connectivity index (χ2v) is 4.45. The first-order valence-electron chi connectivity index (χ1n) is 4.34. The summed E-state index contributed by atoms with van der Waals surface area (Å²) in [6.07, 6.45) is 0. The molecule has 0 aliphatic carbocycles. The Morgan fingerprint density at radius 3 is 3.00 bits per heavy atom. The molecule has 2 rings (SSSR count). The molecular formula is C10H11BrClN. The summed E-state index contributed by atoms with van der Waals surface area (Å²) in [5.74, 6) is 0. The van der Waals surface area contributed by atoms with E-state index < -0.39 is 0 Å². The smallest absolute Gasteiger partial charge is 0.0409 e. The number of nitrogens with zero attached hydrogens (tertiary/aromatic N) is 1. The largest absolute Gasteiger partial charge is 0.292 e. The van der Waals surface area contributed by atoms with Gasteiger partial charge in [-0.25, -0.2) is 0 Å². The normalized spacial score (nSPS) is 26.0. The third-order valence-corrected chi connectivity index (χ3v) is 3.26. The van der Waals surface area contributed by atoms with Gasteiger partial charge in [-0.3, -0.25) is 4.90 Å². The molecule has 2 atom stereocenters. The van der Waals surface area contributed by atoms with E-state index in [0.717, 1.165) is 22.9 Å². The number of halogens is 2. The van der Waals surface area contributed by atoms with Crippen molar-refractivity contribution < 1.29 is 0 Å². The van der Waals surface area contributed by atoms with Crippen molar-refractivity contribution in [1.82, 2.24) is 4.90 Å². The zero-order chi connectivity index (χ0) is 9.26. The van der Waals surface area contributed by atoms with E-state index in [-0.39, 0.29) is 0 Å². The predicted molar refractivity (Wildman–Crippen MR) is 59.4 cm³/mol. The highest BCUT2D eigenvalue weighted by Gasteiger charge is 2.32. The molecule has 1 saturated heterocycles. The van der Waals surface area contributed by atoms with Crippen LogP contribution in [0.1, 0.15) is 5.56 Å². The van der Waals surface area contributed by atoms with Crippen LogP contribution in [-0.4, -0.2) is 22.8 Å². The third-order valence-electron chi connectivity index (χ3n) is 2.28. The lowest BCUT2D eigenvalue weighted by Crippen LogP contribution is -2.02. The maximum absolute atomic E-state index is 5.89. The van der Waals surface area contributed by atoms with Crippen molar-refractivity contribution >= 4 is 27.5 Å². The lowest BCUT2D eigenvalue weighted by atomic mass is 10.2. The summed E-state index contributed by atoms with van der Waals surface area (Å²) in [7, 11) is 0. The maximum Gasteiger partial charge on any atom is 0.0409 e. The Hall–Kier alpha value is -0.0500. The first-order valence-corrected chi connectivity index (χ1v) is 5.84. The van der Waals surface area contributed by atoms with Gasteiger partial charge >= 0.3 is 0 Å². The zero-order valence-corrected chi connectivity index (χ0v) is 9.55. The molecule has 1 aromatic carbocycles. The minimum absolute atomic E-state index is 0.735. The van der Waals surface area contributed by atoms with Gasteiger partial charge in [0.15, 0.2) is 0 Å². The van der Waals surface area contributed by atoms with Gasteiger partial charge in [-0.2, -0.15) is 0 Å². The van der Waals surface area contributed by atoms with Gasteiger partial charge in [0.2, 0.25) is 0 Å². The molecule has 1 heterocycles. The van der Waals surface area contributed by atoms with Crippen LogP contribution >= 0.6 is 27.5 Å². The molecule has 0 aromatic heterocycles. The summed E-state index contributed by atoms with van der Waals surface area (Å²) < 4.78 is 0. The van der Waals surface area contributed by atoms with Crippen LogP contribution in [0, 0.1) is 0 Å². The van der Waals surface area contributed by atoms with Gasteiger partial charge in [-0.05, 0) is 17.7 Å². The number of benzene rings is 1. The van der Waals surface area contributed by atoms with Crippen LogP contribution in [0.25, 0.3) is 0 Å². The van der Waals surface area contributed by atoms with Crippen molar-refractivity contribution in [2.45, 2.75) is 12.6 Å². The minimum atomic E-state index is 0.735. The molecule has 70 valence electrons. The van der Waals surface area contributed by atoms with Crippen LogP contribution in [0.3, 0.4) is 0 Å². The van der Waals surface area contributed by atoms with Crippen LogP contribution < -0.4 is 0 Å². The summed E-state index contributed by atoms with van der Waals surface area (Å²) >= 11 is 9.37. The Bertz CT molecular complexity index is 303. The molecule has 1 nitrogen and oxygen atoms in total. The zero-order valence-electron chi connectivity index (χ0n) is 7.21. The molecule has 0 radical (unpaired) electrons. The molecule has 0 saturated carbocycles. The van der Waals surface area contributed by atoms with E-state index in [1.54, 1.807) is 0 Å². The number of hydrogen-bond acceptors (Lipinski definition) is 1. The summed E-state index contributed by atoms with van der Waals surface area (Å²) in [4.78, 5) is 2.42. The van der Waals surface area contributed by atoms with E-state index in [1.807, 2.05) is 18.2 Å². The van der Waals surface area contributed by atoms with Crippen molar-refractivity contribution in [2.75, 3.05) is 11.9 Å². The molecule has 0 bridgehead atoms. The number of hydrogen-bond donors (Lipinski definition) is 0. The van der Waals surface area contributed by atoms with Gasteiger partial charge in [-0.1, -0.05) is 39.7 Å². The fraction of sp³-hybridized carbons (Fsp3) is 0.400. The standard InChI is InChI=1S/C10H11BrClN/c11-5-10-7-13(10)6-8-2-1-3-9(12)4-8/h1-4,10H,5-7H2/t10-,13?/m1/s1. The highest BCUT2D eigenvalue weighted by molar-refractivity contribution is 9.09. The van der Waals surface area contributed by atoms with Crippen LogP contribution in [0.5, 0.6) is 0 Å². The molecule has 3 heteroatoms. The first-order chi connectivity index (χ1) is 6.29. The Morgan fingerprint density at radius 2 is 2.38 bits per heavy atom. The average Bonchev–Trinajstić information content (AvgIpc) is 2.83. The number of rotatable bonds is 3. The summed E-state index contributed by atoms with van der Waals surface area (Å²) in [6, 6.07) is 8.80. The van der Waals surface area contributed by atoms with Gasteiger partial charge in [0.1, 0.15) is 0 Å². The maximum atomic E-state index is 5.89. The summed E-state index contributed by atoms with van der Waals surface area (Å²) in [5, 5.41) is 1.91. The molecule has 13 heavy (non-hydrogen) atoms. The second kappa shape index (κ2) is 3.99. The van der Waals surface area contributed by atoms with Gasteiger partial charge in [0.25, 0.3) is 0 Å². The van der Waals surface area contributed by atoms with Crippen LogP contribution in [0.4, 0.5) is 0 Å². The highest BCUT2D eigenvalue weighted by atomic mass is 79.9. The third kappa shape index (κ3) is 2.46. The van der Waals surface area contributed by atoms with Gasteiger partial charge in [0.05, 0.1) is 0 Å². The topological polar surface area (TPSA) is 3.01 Å². The fourth-order valence-electron chi connectivity index (χ4n) is 1.43. The van der Waals surface area contributed by atoms with E-state index in [1.165, 1.54) is 12.1 Å². The lowest BCUT2D eigenvalue weighted by Gasteiger charge is -2.02. The quantitative estimate of drug-likeness (QED) is 0.596. The summed E-state index contributed by atoms with van der Waals surface area (Å²) in [6.45, 7) is 2.23. The fourth-order valence-corrected chi connectivity index (χ4v) is 2.26. The Kier molecular flexibility index (Phi) is 2.92. The average molecular weight is 261 g/mol. The van der Waals surface area contributed by atoms with Crippen molar-refractivity contribution in [3.63, 3.8) is 0 Å². The molecule has 0 amide bonds. The molecule has 1 aromatic rings. The minimum Gasteiger partial charge on any atom is -0.292 e. The SMILES string of the molecule is Clc1cccc(CN2C[C@H]2CBr)c1. The Morgan fingerprint density at radius 1 is 1.54 bits per heavy atom. The van der Waals surface area contributed by atoms with E-state index in [0.29, 0.717) is 0 Å². The molecular weight excluding hydrogens is 249 g/mol. The summed E-state index contributed by atoms with van der Waals surface area (Å²) in [5.41, 5.74) is 1.30. The van der Waals surface area contributed by atoms with E-state index >= 15 is 0 Å². The van der Waals surface area contributed by atoms with Crippen molar-refractivity contribution in [3.05, 3.63) is 34.9 Å². The number of alkyl halides is 1. The van der Waals surface area contributed by atoms with E-state index in [9.17, 15) is 0 Å². The Balaban J connectivity index is 1.95. The van der Waals surface area contributed by atoms with E-state index in [2.05, 4.69) is 26.9 Å². The lowest BCUT2D eigenvalue weighted by molar-refractivity contribution is 0.518. The predicted octanol–water partition coefficient (Wildman–Crippen LogP) is 2.92. The van der Waals surface area contributed by atoms with Crippen LogP contribution in [0.15, 0.2) is 24.3 Å². The van der Waals surface area contributed by atoms with Crippen molar-refractivity contribution in [1.29, 1.82) is 0 Å². The second-order valence-electron chi connectivity index (χ2n) is 3.37. The van der Waals surface area contributed by atoms with Gasteiger partial charge in [-0.15, -0.1) is 0 Å². The molecule has 1 unspecified atom stereocenters. The van der Waals surface area contributed by atoms with Crippen molar-refractivity contribution in [2.24, 2.45) is 0 Å². The van der Waals surface area contributed by atoms with Crippen LogP contribution in [-0.2, 0) is 6.54 Å². The highest BCUT2D eigenvalue weighted by Crippen LogP contribution is 2.23. The van der Waals surface area contributed by atoms with Gasteiger partial charge in [0, 0.05) is 29.5 Å². The van der Waals surface area contributed by atoms with Crippen molar-refractivity contribution in [3.8, 4) is 0 Å². The van der Waals surface area contributed by atoms with E-state index in [4.69, 9.17) is 11.6 Å². The molecule has 0 N–H and O–H groups in total. The monoisotopic (exact) mass is 259 g/mol. The molecule has 1 aliphatic rings. The molecule has 0 spiro atoms. The van der Waals surface area contributed by atoms with Gasteiger partial charge < -0.3 is 0 Å². The Labute approximate surface area is 91.8 Å². The first kappa shape index (κ1) is 9.50. The molecule has 1 aliphatic heterocycles.